The zero-order valence-electron chi connectivity index (χ0n) is 9.08. The van der Waals surface area contributed by atoms with E-state index in [9.17, 15) is 0 Å². The first-order valence-electron chi connectivity index (χ1n) is 4.38. The Labute approximate surface area is 87.7 Å². The molecule has 1 unspecified atom stereocenters. The summed E-state index contributed by atoms with van der Waals surface area (Å²) in [6.07, 6.45) is 0.863. The van der Waals surface area contributed by atoms with Crippen LogP contribution in [0.1, 0.15) is 20.3 Å². The molecule has 0 aliphatic rings. The number of halogens is 1. The van der Waals surface area contributed by atoms with Crippen LogP contribution in [-0.2, 0) is 0 Å². The lowest BCUT2D eigenvalue weighted by molar-refractivity contribution is 0.178. The third-order valence-corrected chi connectivity index (χ3v) is 1.79. The van der Waals surface area contributed by atoms with E-state index in [1.54, 1.807) is 0 Å². The van der Waals surface area contributed by atoms with E-state index in [0.717, 1.165) is 13.0 Å². The van der Waals surface area contributed by atoms with Gasteiger partial charge >= 0.3 is 0 Å². The third kappa shape index (κ3) is 8.50. The minimum atomic E-state index is -0.0834. The Kier molecular flexibility index (Phi) is 7.93. The van der Waals surface area contributed by atoms with Crippen LogP contribution < -0.4 is 5.73 Å². The zero-order chi connectivity index (χ0) is 9.78. The topological polar surface area (TPSA) is 49.5 Å². The summed E-state index contributed by atoms with van der Waals surface area (Å²) < 4.78 is 0. The van der Waals surface area contributed by atoms with Gasteiger partial charge in [-0.15, -0.1) is 12.4 Å². The summed E-state index contributed by atoms with van der Waals surface area (Å²) in [5, 5.41) is 8.79. The fourth-order valence-electron chi connectivity index (χ4n) is 1.69. The summed E-state index contributed by atoms with van der Waals surface area (Å²) in [6.45, 7) is 5.42. The van der Waals surface area contributed by atoms with Crippen LogP contribution in [-0.4, -0.2) is 43.3 Å². The number of hydrogen-bond donors (Lipinski definition) is 2. The van der Waals surface area contributed by atoms with Gasteiger partial charge in [-0.05, 0) is 25.9 Å². The molecule has 3 nitrogen and oxygen atoms in total. The second-order valence-corrected chi connectivity index (χ2v) is 4.55. The number of aliphatic hydroxyl groups excluding tert-OH is 1. The van der Waals surface area contributed by atoms with Crippen molar-refractivity contribution in [2.45, 2.75) is 26.3 Å². The largest absolute Gasteiger partial charge is 0.395 e. The Hall–Kier alpha value is 0.170. The van der Waals surface area contributed by atoms with Gasteiger partial charge in [0.25, 0.3) is 0 Å². The number of aliphatic hydroxyl groups is 1. The van der Waals surface area contributed by atoms with Crippen LogP contribution >= 0.6 is 12.4 Å². The maximum absolute atomic E-state index is 8.79. The molecule has 0 saturated heterocycles. The SMILES string of the molecule is CN(C)CC(C)(C)CC(N)CO.Cl. The maximum Gasteiger partial charge on any atom is 0.0582 e. The molecule has 13 heavy (non-hydrogen) atoms. The van der Waals surface area contributed by atoms with Gasteiger partial charge in [0.15, 0.2) is 0 Å². The molecule has 1 atom stereocenters. The second kappa shape index (κ2) is 6.60. The molecule has 82 valence electrons. The predicted octanol–water partition coefficient (Wildman–Crippen LogP) is 0.706. The molecule has 0 spiro atoms. The quantitative estimate of drug-likeness (QED) is 0.703. The lowest BCUT2D eigenvalue weighted by Gasteiger charge is -2.30. The molecule has 4 heteroatoms. The van der Waals surface area contributed by atoms with Crippen LogP contribution in [0.25, 0.3) is 0 Å². The molecule has 0 aliphatic carbocycles. The fourth-order valence-corrected chi connectivity index (χ4v) is 1.69. The smallest absolute Gasteiger partial charge is 0.0582 e. The lowest BCUT2D eigenvalue weighted by Crippen LogP contribution is -2.36. The highest BCUT2D eigenvalue weighted by Crippen LogP contribution is 2.21. The Morgan fingerprint density at radius 3 is 2.15 bits per heavy atom. The van der Waals surface area contributed by atoms with Crippen molar-refractivity contribution in [1.82, 2.24) is 4.90 Å². The molecule has 0 aromatic carbocycles. The first kappa shape index (κ1) is 15.6. The Morgan fingerprint density at radius 1 is 1.38 bits per heavy atom. The molecule has 0 aromatic rings. The van der Waals surface area contributed by atoms with Crippen molar-refractivity contribution < 1.29 is 5.11 Å². The molecule has 0 heterocycles. The van der Waals surface area contributed by atoms with Crippen LogP contribution in [0.15, 0.2) is 0 Å². The van der Waals surface area contributed by atoms with Crippen molar-refractivity contribution >= 4 is 12.4 Å². The van der Waals surface area contributed by atoms with Crippen molar-refractivity contribution in [1.29, 1.82) is 0 Å². The standard InChI is InChI=1S/C9H22N2O.ClH/c1-9(2,7-11(3)4)5-8(10)6-12;/h8,12H,5-7,10H2,1-4H3;1H. The van der Waals surface area contributed by atoms with E-state index < -0.39 is 0 Å². The van der Waals surface area contributed by atoms with Gasteiger partial charge in [0.1, 0.15) is 0 Å². The highest BCUT2D eigenvalue weighted by atomic mass is 35.5. The van der Waals surface area contributed by atoms with E-state index in [1.807, 2.05) is 14.1 Å². The highest BCUT2D eigenvalue weighted by molar-refractivity contribution is 5.85. The Morgan fingerprint density at radius 2 is 1.85 bits per heavy atom. The summed E-state index contributed by atoms with van der Waals surface area (Å²) in [7, 11) is 4.10. The van der Waals surface area contributed by atoms with Gasteiger partial charge in [-0.1, -0.05) is 13.8 Å². The van der Waals surface area contributed by atoms with Crippen molar-refractivity contribution in [3.8, 4) is 0 Å². The first-order chi connectivity index (χ1) is 5.37. The normalized spacial score (nSPS) is 14.1. The molecule has 0 aromatic heterocycles. The van der Waals surface area contributed by atoms with Crippen molar-refractivity contribution in [2.24, 2.45) is 11.1 Å². The van der Waals surface area contributed by atoms with Gasteiger partial charge in [0, 0.05) is 12.6 Å². The van der Waals surface area contributed by atoms with Crippen LogP contribution in [0.2, 0.25) is 0 Å². The zero-order valence-corrected chi connectivity index (χ0v) is 9.90. The van der Waals surface area contributed by atoms with E-state index in [1.165, 1.54) is 0 Å². The molecule has 0 aliphatic heterocycles. The van der Waals surface area contributed by atoms with Crippen LogP contribution in [0.5, 0.6) is 0 Å². The minimum Gasteiger partial charge on any atom is -0.395 e. The summed E-state index contributed by atoms with van der Waals surface area (Å²) >= 11 is 0. The summed E-state index contributed by atoms with van der Waals surface area (Å²) in [4.78, 5) is 2.14. The Bertz CT molecular complexity index is 129. The van der Waals surface area contributed by atoms with Gasteiger partial charge < -0.3 is 15.7 Å². The number of rotatable bonds is 5. The maximum atomic E-state index is 8.79. The first-order valence-corrected chi connectivity index (χ1v) is 4.38. The number of nitrogens with two attached hydrogens (primary N) is 1. The van der Waals surface area contributed by atoms with Gasteiger partial charge in [0.05, 0.1) is 6.61 Å². The van der Waals surface area contributed by atoms with E-state index >= 15 is 0 Å². The lowest BCUT2D eigenvalue weighted by atomic mass is 9.86. The predicted molar refractivity (Wildman–Crippen MR) is 59.3 cm³/mol. The van der Waals surface area contributed by atoms with E-state index in [4.69, 9.17) is 10.8 Å². The monoisotopic (exact) mass is 210 g/mol. The van der Waals surface area contributed by atoms with Gasteiger partial charge in [-0.25, -0.2) is 0 Å². The van der Waals surface area contributed by atoms with Gasteiger partial charge in [-0.2, -0.15) is 0 Å². The third-order valence-electron chi connectivity index (χ3n) is 1.79. The van der Waals surface area contributed by atoms with Crippen molar-refractivity contribution in [2.75, 3.05) is 27.2 Å². The number of nitrogens with zero attached hydrogens (tertiary/aromatic N) is 1. The van der Waals surface area contributed by atoms with E-state index in [2.05, 4.69) is 18.7 Å². The average Bonchev–Trinajstić information content (AvgIpc) is 1.83. The average molecular weight is 211 g/mol. The second-order valence-electron chi connectivity index (χ2n) is 4.55. The molecular formula is C9H23ClN2O. The van der Waals surface area contributed by atoms with E-state index in [-0.39, 0.29) is 30.5 Å². The summed E-state index contributed by atoms with van der Waals surface area (Å²) in [5.74, 6) is 0. The molecular weight excluding hydrogens is 188 g/mol. The van der Waals surface area contributed by atoms with Crippen molar-refractivity contribution in [3.05, 3.63) is 0 Å². The molecule has 0 radical (unpaired) electrons. The van der Waals surface area contributed by atoms with Crippen LogP contribution in [0.3, 0.4) is 0 Å². The van der Waals surface area contributed by atoms with Crippen molar-refractivity contribution in [3.63, 3.8) is 0 Å². The van der Waals surface area contributed by atoms with Gasteiger partial charge in [-0.3, -0.25) is 0 Å². The molecule has 0 amide bonds. The summed E-state index contributed by atoms with van der Waals surface area (Å²) in [5.41, 5.74) is 5.85. The minimum absolute atomic E-state index is 0. The van der Waals surface area contributed by atoms with Gasteiger partial charge in [0.2, 0.25) is 0 Å². The molecule has 0 bridgehead atoms. The van der Waals surface area contributed by atoms with Crippen LogP contribution in [0, 0.1) is 5.41 Å². The fraction of sp³-hybridized carbons (Fsp3) is 1.00. The number of hydrogen-bond acceptors (Lipinski definition) is 3. The highest BCUT2D eigenvalue weighted by Gasteiger charge is 2.21. The molecule has 0 saturated carbocycles. The molecule has 0 fully saturated rings. The van der Waals surface area contributed by atoms with E-state index in [0.29, 0.717) is 0 Å². The Balaban J connectivity index is 0. The summed E-state index contributed by atoms with van der Waals surface area (Å²) in [6, 6.07) is -0.0834. The van der Waals surface area contributed by atoms with Crippen LogP contribution in [0.4, 0.5) is 0 Å². The molecule has 3 N–H and O–H groups in total. The molecule has 0 rings (SSSR count).